The molecule has 7 nitrogen and oxygen atoms in total. The average molecular weight is 381 g/mol. The zero-order chi connectivity index (χ0) is 18.4. The SMILES string of the molecule is CC(N)C(=O)NC1C2C(=C(O)CC(C)C2O)C(=O)OC1(C)C(Cl)Cl. The van der Waals surface area contributed by atoms with Crippen LogP contribution in [0, 0.1) is 11.8 Å². The van der Waals surface area contributed by atoms with E-state index in [0.29, 0.717) is 0 Å². The summed E-state index contributed by atoms with van der Waals surface area (Å²) < 4.78 is 5.36. The molecule has 1 heterocycles. The van der Waals surface area contributed by atoms with Crippen LogP contribution < -0.4 is 11.1 Å². The van der Waals surface area contributed by atoms with Crippen molar-refractivity contribution in [3.63, 3.8) is 0 Å². The highest BCUT2D eigenvalue weighted by molar-refractivity contribution is 6.45. The Morgan fingerprint density at radius 1 is 1.50 bits per heavy atom. The van der Waals surface area contributed by atoms with E-state index < -0.39 is 46.4 Å². The summed E-state index contributed by atoms with van der Waals surface area (Å²) in [7, 11) is 0. The lowest BCUT2D eigenvalue weighted by atomic mass is 9.69. The summed E-state index contributed by atoms with van der Waals surface area (Å²) in [5.41, 5.74) is 4.05. The Labute approximate surface area is 150 Å². The summed E-state index contributed by atoms with van der Waals surface area (Å²) in [6.45, 7) is 4.70. The van der Waals surface area contributed by atoms with Gasteiger partial charge in [-0.25, -0.2) is 4.79 Å². The zero-order valence-corrected chi connectivity index (χ0v) is 15.1. The van der Waals surface area contributed by atoms with E-state index in [9.17, 15) is 19.8 Å². The zero-order valence-electron chi connectivity index (χ0n) is 13.6. The maximum absolute atomic E-state index is 12.4. The van der Waals surface area contributed by atoms with Crippen LogP contribution in [0.25, 0.3) is 0 Å². The Morgan fingerprint density at radius 3 is 2.58 bits per heavy atom. The van der Waals surface area contributed by atoms with E-state index in [1.54, 1.807) is 6.92 Å². The highest BCUT2D eigenvalue weighted by Crippen LogP contribution is 2.46. The highest BCUT2D eigenvalue weighted by atomic mass is 35.5. The molecule has 6 atom stereocenters. The first-order valence-corrected chi connectivity index (χ1v) is 8.55. The molecule has 24 heavy (non-hydrogen) atoms. The number of hydrogen-bond donors (Lipinski definition) is 4. The number of allylic oxidation sites excluding steroid dienone is 1. The number of aliphatic hydroxyl groups is 2. The minimum Gasteiger partial charge on any atom is -0.512 e. The molecule has 1 saturated heterocycles. The lowest BCUT2D eigenvalue weighted by Gasteiger charge is -2.50. The predicted octanol–water partition coefficient (Wildman–Crippen LogP) is 0.767. The first-order valence-electron chi connectivity index (χ1n) is 7.68. The lowest BCUT2D eigenvalue weighted by Crippen LogP contribution is -2.68. The monoisotopic (exact) mass is 380 g/mol. The highest BCUT2D eigenvalue weighted by Gasteiger charge is 2.58. The Balaban J connectivity index is 2.55. The summed E-state index contributed by atoms with van der Waals surface area (Å²) in [5, 5.41) is 23.5. The summed E-state index contributed by atoms with van der Waals surface area (Å²) in [6.07, 6.45) is -0.855. The maximum atomic E-state index is 12.4. The molecule has 9 heteroatoms. The lowest BCUT2D eigenvalue weighted by molar-refractivity contribution is -0.171. The van der Waals surface area contributed by atoms with Crippen LogP contribution >= 0.6 is 23.2 Å². The summed E-state index contributed by atoms with van der Waals surface area (Å²) in [5.74, 6) is -2.70. The van der Waals surface area contributed by atoms with Gasteiger partial charge in [-0.3, -0.25) is 4.79 Å². The summed E-state index contributed by atoms with van der Waals surface area (Å²) >= 11 is 12.0. The quantitative estimate of drug-likeness (QED) is 0.423. The van der Waals surface area contributed by atoms with Crippen LogP contribution in [0.15, 0.2) is 11.3 Å². The molecule has 2 rings (SSSR count). The minimum atomic E-state index is -1.49. The smallest absolute Gasteiger partial charge is 0.338 e. The second kappa shape index (κ2) is 6.71. The predicted molar refractivity (Wildman–Crippen MR) is 88.5 cm³/mol. The van der Waals surface area contributed by atoms with Crippen molar-refractivity contribution in [3.8, 4) is 0 Å². The molecule has 0 aromatic carbocycles. The Morgan fingerprint density at radius 2 is 2.08 bits per heavy atom. The van der Waals surface area contributed by atoms with Crippen molar-refractivity contribution in [2.24, 2.45) is 17.6 Å². The van der Waals surface area contributed by atoms with Crippen molar-refractivity contribution in [1.82, 2.24) is 5.32 Å². The van der Waals surface area contributed by atoms with Crippen molar-refractivity contribution in [2.45, 2.75) is 55.8 Å². The molecule has 6 unspecified atom stereocenters. The fourth-order valence-corrected chi connectivity index (χ4v) is 3.60. The Kier molecular flexibility index (Phi) is 5.40. The number of nitrogens with two attached hydrogens (primary N) is 1. The first-order chi connectivity index (χ1) is 11.0. The van der Waals surface area contributed by atoms with Gasteiger partial charge >= 0.3 is 5.97 Å². The number of nitrogens with one attached hydrogen (secondary N) is 1. The number of cyclic esters (lactones) is 1. The minimum absolute atomic E-state index is 0.0537. The summed E-state index contributed by atoms with van der Waals surface area (Å²) in [4.78, 5) is 23.3. The average Bonchev–Trinajstić information content (AvgIpc) is 2.46. The van der Waals surface area contributed by atoms with Crippen LogP contribution in [-0.4, -0.2) is 50.7 Å². The fraction of sp³-hybridized carbons (Fsp3) is 0.733. The van der Waals surface area contributed by atoms with Crippen LogP contribution in [0.4, 0.5) is 0 Å². The van der Waals surface area contributed by atoms with Crippen molar-refractivity contribution in [1.29, 1.82) is 0 Å². The van der Waals surface area contributed by atoms with E-state index in [2.05, 4.69) is 5.32 Å². The molecular weight excluding hydrogens is 359 g/mol. The van der Waals surface area contributed by atoms with Gasteiger partial charge in [0.25, 0.3) is 0 Å². The van der Waals surface area contributed by atoms with Gasteiger partial charge in [0.05, 0.1) is 23.8 Å². The van der Waals surface area contributed by atoms with Gasteiger partial charge in [-0.2, -0.15) is 0 Å². The Bertz CT molecular complexity index is 580. The van der Waals surface area contributed by atoms with E-state index in [1.807, 2.05) is 0 Å². The second-order valence-electron chi connectivity index (χ2n) is 6.71. The third kappa shape index (κ3) is 3.10. The molecule has 0 saturated carbocycles. The van der Waals surface area contributed by atoms with Crippen molar-refractivity contribution >= 4 is 35.1 Å². The molecule has 1 aliphatic carbocycles. The number of carbonyl (C=O) groups excluding carboxylic acids is 2. The number of amides is 1. The second-order valence-corrected chi connectivity index (χ2v) is 7.80. The third-order valence-electron chi connectivity index (χ3n) is 4.76. The van der Waals surface area contributed by atoms with Crippen molar-refractivity contribution in [3.05, 3.63) is 11.3 Å². The molecule has 1 aliphatic heterocycles. The molecule has 0 bridgehead atoms. The van der Waals surface area contributed by atoms with E-state index >= 15 is 0 Å². The number of aliphatic hydroxyl groups excluding tert-OH is 2. The molecule has 0 spiro atoms. The molecule has 0 radical (unpaired) electrons. The van der Waals surface area contributed by atoms with E-state index in [1.165, 1.54) is 13.8 Å². The Hall–Kier alpha value is -1.02. The van der Waals surface area contributed by atoms with Crippen LogP contribution in [0.2, 0.25) is 0 Å². The number of halogens is 2. The largest absolute Gasteiger partial charge is 0.512 e. The maximum Gasteiger partial charge on any atom is 0.338 e. The van der Waals surface area contributed by atoms with Crippen LogP contribution in [0.3, 0.4) is 0 Å². The molecule has 2 aliphatic rings. The molecule has 5 N–H and O–H groups in total. The summed E-state index contributed by atoms with van der Waals surface area (Å²) in [6, 6.07) is -1.77. The van der Waals surface area contributed by atoms with Gasteiger partial charge in [0.1, 0.15) is 10.6 Å². The van der Waals surface area contributed by atoms with Crippen LogP contribution in [-0.2, 0) is 14.3 Å². The number of esters is 1. The van der Waals surface area contributed by atoms with E-state index in [-0.39, 0.29) is 23.7 Å². The van der Waals surface area contributed by atoms with Gasteiger partial charge in [-0.05, 0) is 19.8 Å². The number of hydrogen-bond acceptors (Lipinski definition) is 6. The third-order valence-corrected chi connectivity index (χ3v) is 5.63. The topological polar surface area (TPSA) is 122 Å². The number of rotatable bonds is 3. The van der Waals surface area contributed by atoms with Crippen LogP contribution in [0.1, 0.15) is 27.2 Å². The van der Waals surface area contributed by atoms with Gasteiger partial charge in [-0.1, -0.05) is 6.92 Å². The number of alkyl halides is 2. The fourth-order valence-electron chi connectivity index (χ4n) is 3.24. The molecule has 0 aromatic heterocycles. The van der Waals surface area contributed by atoms with Gasteiger partial charge < -0.3 is 26.0 Å². The standard InChI is InChI=1S/C15H22Cl2N2O5/c1-5-4-7(20)8-9(10(5)21)11(19-12(22)6(2)18)15(3,14(16)17)24-13(8)23/h5-6,9-11,14,20-21H,4,18H2,1-3H3,(H,19,22). The van der Waals surface area contributed by atoms with Gasteiger partial charge in [-0.15, -0.1) is 23.2 Å². The number of ether oxygens (including phenoxy) is 1. The van der Waals surface area contributed by atoms with E-state index in [4.69, 9.17) is 33.7 Å². The number of fused-ring (bicyclic) bond motifs is 1. The van der Waals surface area contributed by atoms with Gasteiger partial charge in [0, 0.05) is 12.3 Å². The van der Waals surface area contributed by atoms with Gasteiger partial charge in [0.2, 0.25) is 5.91 Å². The van der Waals surface area contributed by atoms with Crippen LogP contribution in [0.5, 0.6) is 0 Å². The van der Waals surface area contributed by atoms with E-state index in [0.717, 1.165) is 0 Å². The molecule has 1 amide bonds. The molecule has 1 fully saturated rings. The van der Waals surface area contributed by atoms with Gasteiger partial charge in [0.15, 0.2) is 5.60 Å². The normalized spacial score (nSPS) is 37.8. The van der Waals surface area contributed by atoms with Crippen molar-refractivity contribution < 1.29 is 24.5 Å². The molecule has 136 valence electrons. The van der Waals surface area contributed by atoms with Crippen molar-refractivity contribution in [2.75, 3.05) is 0 Å². The molecule has 0 aromatic rings. The number of carbonyl (C=O) groups is 2. The first kappa shape index (κ1) is 19.3. The molecular formula is C15H22Cl2N2O5.